The van der Waals surface area contributed by atoms with Gasteiger partial charge in [-0.1, -0.05) is 12.1 Å². The molecule has 0 aliphatic carbocycles. The Bertz CT molecular complexity index is 462. The van der Waals surface area contributed by atoms with E-state index >= 15 is 0 Å². The van der Waals surface area contributed by atoms with Crippen LogP contribution in [0.15, 0.2) is 30.6 Å². The van der Waals surface area contributed by atoms with E-state index in [9.17, 15) is 4.79 Å². The molecule has 0 bridgehead atoms. The third-order valence-corrected chi connectivity index (χ3v) is 2.05. The second kappa shape index (κ2) is 3.59. The highest BCUT2D eigenvalue weighted by Crippen LogP contribution is 2.11. The zero-order valence-corrected chi connectivity index (χ0v) is 7.55. The normalized spacial score (nSPS) is 10.6. The second-order valence-corrected chi connectivity index (χ2v) is 2.97. The number of carbonyl (C=O) groups excluding carboxylic acids is 1. The Kier molecular flexibility index (Phi) is 2.28. The molecule has 0 saturated carbocycles. The van der Waals surface area contributed by atoms with Crippen molar-refractivity contribution in [2.75, 3.05) is 6.61 Å². The summed E-state index contributed by atoms with van der Waals surface area (Å²) in [6.45, 7) is -0.134. The third-order valence-electron chi connectivity index (χ3n) is 2.05. The Morgan fingerprint density at radius 2 is 2.21 bits per heavy atom. The van der Waals surface area contributed by atoms with Gasteiger partial charge in [0.2, 0.25) is 5.91 Å². The standard InChI is InChI=1S/C10H10N2O2/c13-6-5-10(14)12-7-11-8-3-1-2-4-9(8)12/h1-4,7,13H,5-6H2. The molecule has 0 amide bonds. The van der Waals surface area contributed by atoms with Crippen LogP contribution in [0.25, 0.3) is 11.0 Å². The first kappa shape index (κ1) is 8.90. The lowest BCUT2D eigenvalue weighted by Gasteiger charge is -1.99. The van der Waals surface area contributed by atoms with Gasteiger partial charge in [-0.05, 0) is 12.1 Å². The Morgan fingerprint density at radius 3 is 3.00 bits per heavy atom. The largest absolute Gasteiger partial charge is 0.396 e. The summed E-state index contributed by atoms with van der Waals surface area (Å²) in [5, 5.41) is 8.65. The number of para-hydroxylation sites is 2. The van der Waals surface area contributed by atoms with E-state index in [1.165, 1.54) is 10.9 Å². The van der Waals surface area contributed by atoms with E-state index in [1.807, 2.05) is 24.3 Å². The highest BCUT2D eigenvalue weighted by atomic mass is 16.3. The molecular weight excluding hydrogens is 180 g/mol. The fourth-order valence-electron chi connectivity index (χ4n) is 1.37. The minimum atomic E-state index is -0.138. The van der Waals surface area contributed by atoms with Crippen LogP contribution in [0.1, 0.15) is 11.2 Å². The lowest BCUT2D eigenvalue weighted by Crippen LogP contribution is -2.10. The number of nitrogens with zero attached hydrogens (tertiary/aromatic N) is 2. The number of hydrogen-bond acceptors (Lipinski definition) is 3. The first-order valence-electron chi connectivity index (χ1n) is 4.39. The van der Waals surface area contributed by atoms with Crippen molar-refractivity contribution in [2.24, 2.45) is 0 Å². The van der Waals surface area contributed by atoms with Crippen molar-refractivity contribution in [1.29, 1.82) is 0 Å². The summed E-state index contributed by atoms with van der Waals surface area (Å²) in [6.07, 6.45) is 1.61. The fraction of sp³-hybridized carbons (Fsp3) is 0.200. The summed E-state index contributed by atoms with van der Waals surface area (Å²) in [7, 11) is 0. The molecule has 4 heteroatoms. The number of fused-ring (bicyclic) bond motifs is 1. The molecule has 2 rings (SSSR count). The molecule has 0 radical (unpaired) electrons. The van der Waals surface area contributed by atoms with Gasteiger partial charge in [0.25, 0.3) is 0 Å². The van der Waals surface area contributed by atoms with Crippen LogP contribution in [-0.4, -0.2) is 27.2 Å². The van der Waals surface area contributed by atoms with Crippen LogP contribution in [-0.2, 0) is 0 Å². The van der Waals surface area contributed by atoms with Crippen LogP contribution >= 0.6 is 0 Å². The van der Waals surface area contributed by atoms with E-state index in [-0.39, 0.29) is 18.9 Å². The molecule has 4 nitrogen and oxygen atoms in total. The van der Waals surface area contributed by atoms with Gasteiger partial charge in [-0.2, -0.15) is 0 Å². The molecule has 1 N–H and O–H groups in total. The molecule has 0 aliphatic rings. The van der Waals surface area contributed by atoms with Gasteiger partial charge < -0.3 is 5.11 Å². The molecule has 0 saturated heterocycles. The zero-order chi connectivity index (χ0) is 9.97. The Balaban J connectivity index is 2.47. The third kappa shape index (κ3) is 1.40. The SMILES string of the molecule is O=C(CCO)n1cnc2ccccc21. The topological polar surface area (TPSA) is 55.1 Å². The van der Waals surface area contributed by atoms with Crippen molar-refractivity contribution in [2.45, 2.75) is 6.42 Å². The van der Waals surface area contributed by atoms with Gasteiger partial charge in [-0.15, -0.1) is 0 Å². The van der Waals surface area contributed by atoms with Gasteiger partial charge in [0.1, 0.15) is 6.33 Å². The Labute approximate surface area is 80.8 Å². The molecule has 72 valence electrons. The number of hydrogen-bond donors (Lipinski definition) is 1. The lowest BCUT2D eigenvalue weighted by atomic mass is 10.3. The van der Waals surface area contributed by atoms with Crippen molar-refractivity contribution in [3.63, 3.8) is 0 Å². The lowest BCUT2D eigenvalue weighted by molar-refractivity contribution is 0.0880. The Hall–Kier alpha value is -1.68. The minimum absolute atomic E-state index is 0.125. The van der Waals surface area contributed by atoms with Gasteiger partial charge in [0, 0.05) is 0 Å². The van der Waals surface area contributed by atoms with Gasteiger partial charge in [-0.3, -0.25) is 9.36 Å². The molecule has 0 unspecified atom stereocenters. The van der Waals surface area contributed by atoms with Gasteiger partial charge in [0.05, 0.1) is 24.1 Å². The monoisotopic (exact) mass is 190 g/mol. The maximum absolute atomic E-state index is 11.5. The first-order valence-corrected chi connectivity index (χ1v) is 4.39. The van der Waals surface area contributed by atoms with Crippen molar-refractivity contribution in [1.82, 2.24) is 9.55 Å². The number of rotatable bonds is 2. The summed E-state index contributed by atoms with van der Waals surface area (Å²) in [5.41, 5.74) is 1.57. The molecule has 0 spiro atoms. The highest BCUT2D eigenvalue weighted by molar-refractivity contribution is 5.90. The molecule has 0 aliphatic heterocycles. The van der Waals surface area contributed by atoms with Crippen LogP contribution in [0.3, 0.4) is 0 Å². The summed E-state index contributed by atoms with van der Waals surface area (Å²) in [6, 6.07) is 7.40. The molecule has 2 aromatic rings. The maximum Gasteiger partial charge on any atom is 0.234 e. The molecular formula is C10H10N2O2. The van der Waals surface area contributed by atoms with Gasteiger partial charge in [-0.25, -0.2) is 4.98 Å². The van der Waals surface area contributed by atoms with E-state index in [0.29, 0.717) is 0 Å². The Morgan fingerprint density at radius 1 is 1.43 bits per heavy atom. The summed E-state index contributed by atoms with van der Waals surface area (Å²) >= 11 is 0. The van der Waals surface area contributed by atoms with Crippen LogP contribution in [0.2, 0.25) is 0 Å². The van der Waals surface area contributed by atoms with E-state index in [1.54, 1.807) is 0 Å². The number of aliphatic hydroxyl groups excluding tert-OH is 1. The quantitative estimate of drug-likeness (QED) is 0.770. The summed E-state index contributed by atoms with van der Waals surface area (Å²) in [4.78, 5) is 15.6. The van der Waals surface area contributed by atoms with Gasteiger partial charge >= 0.3 is 0 Å². The summed E-state index contributed by atoms with van der Waals surface area (Å²) < 4.78 is 1.46. The second-order valence-electron chi connectivity index (χ2n) is 2.97. The van der Waals surface area contributed by atoms with Crippen molar-refractivity contribution in [3.8, 4) is 0 Å². The number of imidazole rings is 1. The van der Waals surface area contributed by atoms with E-state index in [4.69, 9.17) is 5.11 Å². The van der Waals surface area contributed by atoms with E-state index < -0.39 is 0 Å². The van der Waals surface area contributed by atoms with Crippen LogP contribution in [0.4, 0.5) is 0 Å². The van der Waals surface area contributed by atoms with Gasteiger partial charge in [0.15, 0.2) is 0 Å². The maximum atomic E-state index is 11.5. The van der Waals surface area contributed by atoms with Crippen LogP contribution < -0.4 is 0 Å². The number of benzene rings is 1. The number of carbonyl (C=O) groups is 1. The van der Waals surface area contributed by atoms with Crippen molar-refractivity contribution >= 4 is 16.9 Å². The molecule has 1 heterocycles. The van der Waals surface area contributed by atoms with Crippen LogP contribution in [0.5, 0.6) is 0 Å². The van der Waals surface area contributed by atoms with Crippen molar-refractivity contribution in [3.05, 3.63) is 30.6 Å². The predicted molar refractivity (Wildman–Crippen MR) is 52.1 cm³/mol. The average Bonchev–Trinajstić information content (AvgIpc) is 2.61. The smallest absolute Gasteiger partial charge is 0.234 e. The highest BCUT2D eigenvalue weighted by Gasteiger charge is 2.07. The van der Waals surface area contributed by atoms with E-state index in [2.05, 4.69) is 4.98 Å². The number of aliphatic hydroxyl groups is 1. The molecule has 14 heavy (non-hydrogen) atoms. The number of aromatic nitrogens is 2. The molecule has 0 fully saturated rings. The fourth-order valence-corrected chi connectivity index (χ4v) is 1.37. The van der Waals surface area contributed by atoms with Crippen molar-refractivity contribution < 1.29 is 9.90 Å². The molecule has 1 aromatic heterocycles. The first-order chi connectivity index (χ1) is 6.83. The van der Waals surface area contributed by atoms with Crippen LogP contribution in [0, 0.1) is 0 Å². The summed E-state index contributed by atoms with van der Waals surface area (Å²) in [5.74, 6) is -0.138. The minimum Gasteiger partial charge on any atom is -0.396 e. The zero-order valence-electron chi connectivity index (χ0n) is 7.55. The molecule has 1 aromatic carbocycles. The predicted octanol–water partition coefficient (Wildman–Crippen LogP) is 1.06. The average molecular weight is 190 g/mol. The van der Waals surface area contributed by atoms with E-state index in [0.717, 1.165) is 11.0 Å². The molecule has 0 atom stereocenters.